The molecule has 2 rings (SSSR count). The van der Waals surface area contributed by atoms with Crippen LogP contribution in [-0.2, 0) is 12.8 Å². The summed E-state index contributed by atoms with van der Waals surface area (Å²) in [4.78, 5) is 7.99. The fourth-order valence-corrected chi connectivity index (χ4v) is 1.59. The van der Waals surface area contributed by atoms with Crippen LogP contribution in [-0.4, -0.2) is 9.97 Å². The van der Waals surface area contributed by atoms with Gasteiger partial charge in [-0.2, -0.15) is 0 Å². The van der Waals surface area contributed by atoms with E-state index >= 15 is 0 Å². The molecule has 1 aromatic carbocycles. The molecule has 1 heterocycles. The van der Waals surface area contributed by atoms with E-state index in [1.807, 2.05) is 24.3 Å². The molecule has 0 saturated heterocycles. The molecule has 1 aromatic heterocycles. The van der Waals surface area contributed by atoms with E-state index in [0.717, 1.165) is 18.5 Å². The summed E-state index contributed by atoms with van der Waals surface area (Å²) in [6.45, 7) is 0. The van der Waals surface area contributed by atoms with Crippen LogP contribution in [0.1, 0.15) is 11.3 Å². The minimum Gasteiger partial charge on any atom is -0.227 e. The highest BCUT2D eigenvalue weighted by atomic mass is 35.5. The van der Waals surface area contributed by atoms with Gasteiger partial charge in [-0.15, -0.1) is 0 Å². The molecule has 0 spiro atoms. The van der Waals surface area contributed by atoms with Crippen molar-refractivity contribution in [2.24, 2.45) is 0 Å². The Morgan fingerprint density at radius 3 is 2.53 bits per heavy atom. The molecule has 0 saturated carbocycles. The molecule has 2 nitrogen and oxygen atoms in total. The molecule has 0 aliphatic heterocycles. The van der Waals surface area contributed by atoms with Crippen molar-refractivity contribution in [1.82, 2.24) is 9.97 Å². The van der Waals surface area contributed by atoms with Gasteiger partial charge in [-0.25, -0.2) is 9.97 Å². The molecule has 15 heavy (non-hydrogen) atoms. The maximum Gasteiger partial charge on any atom is 0.222 e. The average molecular weight is 219 g/mol. The van der Waals surface area contributed by atoms with Crippen LogP contribution in [0.3, 0.4) is 0 Å². The fourth-order valence-electron chi connectivity index (χ4n) is 1.43. The van der Waals surface area contributed by atoms with E-state index in [0.29, 0.717) is 5.28 Å². The SMILES string of the molecule is Clc1nccc(CCc2ccccc2)n1. The van der Waals surface area contributed by atoms with E-state index in [4.69, 9.17) is 11.6 Å². The first-order chi connectivity index (χ1) is 7.34. The fraction of sp³-hybridized carbons (Fsp3) is 0.167. The number of aryl methyl sites for hydroxylation is 2. The van der Waals surface area contributed by atoms with Gasteiger partial charge in [0.15, 0.2) is 0 Å². The molecule has 0 N–H and O–H groups in total. The minimum atomic E-state index is 0.320. The van der Waals surface area contributed by atoms with Gasteiger partial charge in [0.05, 0.1) is 0 Å². The third-order valence-electron chi connectivity index (χ3n) is 2.20. The van der Waals surface area contributed by atoms with Crippen molar-refractivity contribution in [3.05, 3.63) is 59.1 Å². The summed E-state index contributed by atoms with van der Waals surface area (Å²) in [5.74, 6) is 0. The summed E-state index contributed by atoms with van der Waals surface area (Å²) in [6, 6.07) is 12.2. The van der Waals surface area contributed by atoms with E-state index in [9.17, 15) is 0 Å². The van der Waals surface area contributed by atoms with Crippen molar-refractivity contribution >= 4 is 11.6 Å². The lowest BCUT2D eigenvalue weighted by Gasteiger charge is -2.00. The van der Waals surface area contributed by atoms with Crippen molar-refractivity contribution in [2.75, 3.05) is 0 Å². The number of rotatable bonds is 3. The van der Waals surface area contributed by atoms with Crippen molar-refractivity contribution in [2.45, 2.75) is 12.8 Å². The molecular weight excluding hydrogens is 208 g/mol. The van der Waals surface area contributed by atoms with Gasteiger partial charge in [0.2, 0.25) is 5.28 Å². The maximum atomic E-state index is 5.70. The van der Waals surface area contributed by atoms with Gasteiger partial charge in [0.1, 0.15) is 0 Å². The van der Waals surface area contributed by atoms with Crippen LogP contribution < -0.4 is 0 Å². The van der Waals surface area contributed by atoms with Gasteiger partial charge in [-0.1, -0.05) is 30.3 Å². The van der Waals surface area contributed by atoms with E-state index in [-0.39, 0.29) is 0 Å². The molecule has 0 unspecified atom stereocenters. The number of nitrogens with zero attached hydrogens (tertiary/aromatic N) is 2. The molecule has 0 radical (unpaired) electrons. The molecule has 0 bridgehead atoms. The second-order valence-electron chi connectivity index (χ2n) is 3.30. The summed E-state index contributed by atoms with van der Waals surface area (Å²) in [5.41, 5.74) is 2.30. The van der Waals surface area contributed by atoms with E-state index in [1.165, 1.54) is 5.56 Å². The number of hydrogen-bond donors (Lipinski definition) is 0. The topological polar surface area (TPSA) is 25.8 Å². The first-order valence-corrected chi connectivity index (χ1v) is 5.24. The van der Waals surface area contributed by atoms with E-state index in [1.54, 1.807) is 6.20 Å². The quantitative estimate of drug-likeness (QED) is 0.741. The Balaban J connectivity index is 1.99. The van der Waals surface area contributed by atoms with Crippen LogP contribution in [0.25, 0.3) is 0 Å². The lowest BCUT2D eigenvalue weighted by Crippen LogP contribution is -1.95. The molecular formula is C12H11ClN2. The zero-order valence-corrected chi connectivity index (χ0v) is 8.98. The Morgan fingerprint density at radius 1 is 1.00 bits per heavy atom. The maximum absolute atomic E-state index is 5.70. The first kappa shape index (κ1) is 10.1. The van der Waals surface area contributed by atoms with Gasteiger partial charge in [0.25, 0.3) is 0 Å². The highest BCUT2D eigenvalue weighted by Crippen LogP contribution is 2.06. The third kappa shape index (κ3) is 3.03. The highest BCUT2D eigenvalue weighted by Gasteiger charge is 1.97. The Morgan fingerprint density at radius 2 is 1.80 bits per heavy atom. The molecule has 2 aromatic rings. The molecule has 0 aliphatic rings. The Kier molecular flexibility index (Phi) is 3.30. The largest absolute Gasteiger partial charge is 0.227 e. The van der Waals surface area contributed by atoms with Gasteiger partial charge in [-0.05, 0) is 36.1 Å². The van der Waals surface area contributed by atoms with Crippen LogP contribution in [0.4, 0.5) is 0 Å². The standard InChI is InChI=1S/C12H11ClN2/c13-12-14-9-8-11(15-12)7-6-10-4-2-1-3-5-10/h1-5,8-9H,6-7H2. The van der Waals surface area contributed by atoms with Crippen molar-refractivity contribution in [3.63, 3.8) is 0 Å². The first-order valence-electron chi connectivity index (χ1n) is 4.86. The molecule has 0 fully saturated rings. The third-order valence-corrected chi connectivity index (χ3v) is 2.38. The van der Waals surface area contributed by atoms with Crippen LogP contribution in [0.2, 0.25) is 5.28 Å². The van der Waals surface area contributed by atoms with E-state index < -0.39 is 0 Å². The van der Waals surface area contributed by atoms with Crippen molar-refractivity contribution in [1.29, 1.82) is 0 Å². The van der Waals surface area contributed by atoms with Crippen LogP contribution in [0.15, 0.2) is 42.6 Å². The van der Waals surface area contributed by atoms with Crippen LogP contribution >= 0.6 is 11.6 Å². The Labute approximate surface area is 94.0 Å². The predicted molar refractivity (Wildman–Crippen MR) is 60.9 cm³/mol. The molecule has 0 aliphatic carbocycles. The summed E-state index contributed by atoms with van der Waals surface area (Å²) >= 11 is 5.70. The lowest BCUT2D eigenvalue weighted by molar-refractivity contribution is 0.900. The zero-order valence-electron chi connectivity index (χ0n) is 8.23. The van der Waals surface area contributed by atoms with Crippen molar-refractivity contribution < 1.29 is 0 Å². The summed E-state index contributed by atoms with van der Waals surface area (Å²) < 4.78 is 0. The predicted octanol–water partition coefficient (Wildman–Crippen LogP) is 2.92. The van der Waals surface area contributed by atoms with Gasteiger partial charge < -0.3 is 0 Å². The van der Waals surface area contributed by atoms with Crippen LogP contribution in [0, 0.1) is 0 Å². The highest BCUT2D eigenvalue weighted by molar-refractivity contribution is 6.28. The number of hydrogen-bond acceptors (Lipinski definition) is 2. The smallest absolute Gasteiger partial charge is 0.222 e. The van der Waals surface area contributed by atoms with Gasteiger partial charge in [0, 0.05) is 11.9 Å². The zero-order chi connectivity index (χ0) is 10.5. The average Bonchev–Trinajstić information content (AvgIpc) is 2.28. The monoisotopic (exact) mass is 218 g/mol. The Hall–Kier alpha value is -1.41. The number of benzene rings is 1. The summed E-state index contributed by atoms with van der Waals surface area (Å²) in [7, 11) is 0. The van der Waals surface area contributed by atoms with E-state index in [2.05, 4.69) is 22.1 Å². The summed E-state index contributed by atoms with van der Waals surface area (Å²) in [5, 5.41) is 0.320. The van der Waals surface area contributed by atoms with Gasteiger partial charge >= 0.3 is 0 Å². The molecule has 0 atom stereocenters. The summed E-state index contributed by atoms with van der Waals surface area (Å²) in [6.07, 6.45) is 3.57. The Bertz CT molecular complexity index is 429. The van der Waals surface area contributed by atoms with Crippen LogP contribution in [0.5, 0.6) is 0 Å². The second-order valence-corrected chi connectivity index (χ2v) is 3.64. The molecule has 76 valence electrons. The number of aromatic nitrogens is 2. The second kappa shape index (κ2) is 4.89. The normalized spacial score (nSPS) is 10.2. The number of halogens is 1. The molecule has 0 amide bonds. The molecule has 3 heteroatoms. The minimum absolute atomic E-state index is 0.320. The van der Waals surface area contributed by atoms with Crippen molar-refractivity contribution in [3.8, 4) is 0 Å². The van der Waals surface area contributed by atoms with Gasteiger partial charge in [-0.3, -0.25) is 0 Å². The lowest BCUT2D eigenvalue weighted by atomic mass is 10.1.